The molecule has 1 aromatic carbocycles. The number of esters is 1. The van der Waals surface area contributed by atoms with Crippen LogP contribution in [0.2, 0.25) is 0 Å². The highest BCUT2D eigenvalue weighted by Gasteiger charge is 2.42. The molecule has 0 spiro atoms. The highest BCUT2D eigenvalue weighted by atomic mass is 16.6. The van der Waals surface area contributed by atoms with Gasteiger partial charge in [0.25, 0.3) is 0 Å². The molecule has 1 rings (SSSR count). The van der Waals surface area contributed by atoms with E-state index in [0.29, 0.717) is 12.0 Å². The quantitative estimate of drug-likeness (QED) is 0.528. The highest BCUT2D eigenvalue weighted by molar-refractivity contribution is 5.93. The third kappa shape index (κ3) is 8.35. The number of amides is 3. The summed E-state index contributed by atoms with van der Waals surface area (Å²) in [5.41, 5.74) is 0.0735. The van der Waals surface area contributed by atoms with Crippen LogP contribution in [-0.2, 0) is 23.9 Å². The van der Waals surface area contributed by atoms with Crippen molar-refractivity contribution >= 4 is 23.9 Å². The van der Waals surface area contributed by atoms with E-state index in [1.165, 1.54) is 12.0 Å². The van der Waals surface area contributed by atoms with Crippen molar-refractivity contribution in [2.24, 2.45) is 0 Å². The number of nitrogens with zero attached hydrogens (tertiary/aromatic N) is 1. The van der Waals surface area contributed by atoms with Gasteiger partial charge in [0.05, 0.1) is 7.11 Å². The molecule has 190 valence electrons. The monoisotopic (exact) mass is 477 g/mol. The Balaban J connectivity index is 3.43. The molecule has 0 heterocycles. The number of benzene rings is 1. The lowest BCUT2D eigenvalue weighted by molar-refractivity contribution is -0.149. The highest BCUT2D eigenvalue weighted by Crippen LogP contribution is 2.32. The van der Waals surface area contributed by atoms with Gasteiger partial charge in [0.2, 0.25) is 11.8 Å². The zero-order valence-electron chi connectivity index (χ0n) is 21.8. The van der Waals surface area contributed by atoms with Crippen LogP contribution in [0.5, 0.6) is 0 Å². The van der Waals surface area contributed by atoms with Gasteiger partial charge in [0.1, 0.15) is 24.2 Å². The van der Waals surface area contributed by atoms with Gasteiger partial charge < -0.3 is 25.0 Å². The molecule has 0 radical (unpaired) electrons. The first-order valence-electron chi connectivity index (χ1n) is 11.4. The van der Waals surface area contributed by atoms with Crippen LogP contribution in [0.25, 0.3) is 0 Å². The van der Waals surface area contributed by atoms with Gasteiger partial charge in [0.15, 0.2) is 0 Å². The Morgan fingerprint density at radius 1 is 1.03 bits per heavy atom. The lowest BCUT2D eigenvalue weighted by Gasteiger charge is -2.44. The Kier molecular flexibility index (Phi) is 10.1. The second kappa shape index (κ2) is 11.9. The maximum Gasteiger partial charge on any atom is 0.408 e. The summed E-state index contributed by atoms with van der Waals surface area (Å²) in [4.78, 5) is 52.5. The van der Waals surface area contributed by atoms with Crippen LogP contribution >= 0.6 is 0 Å². The number of ether oxygens (including phenoxy) is 2. The van der Waals surface area contributed by atoms with Crippen molar-refractivity contribution in [3.63, 3.8) is 0 Å². The molecule has 0 aromatic heterocycles. The van der Waals surface area contributed by atoms with E-state index in [9.17, 15) is 19.2 Å². The Morgan fingerprint density at radius 3 is 2.06 bits per heavy atom. The molecular weight excluding hydrogens is 438 g/mol. The van der Waals surface area contributed by atoms with Crippen molar-refractivity contribution in [2.75, 3.05) is 13.7 Å². The fourth-order valence-corrected chi connectivity index (χ4v) is 3.19. The van der Waals surface area contributed by atoms with Crippen molar-refractivity contribution in [1.82, 2.24) is 15.5 Å². The Bertz CT molecular complexity index is 874. The molecule has 9 nitrogen and oxygen atoms in total. The van der Waals surface area contributed by atoms with Gasteiger partial charge in [0, 0.05) is 5.54 Å². The minimum absolute atomic E-state index is 0.335. The van der Waals surface area contributed by atoms with Crippen LogP contribution in [-0.4, -0.2) is 59.6 Å². The normalized spacial score (nSPS) is 13.3. The van der Waals surface area contributed by atoms with Gasteiger partial charge in [-0.15, -0.1) is 0 Å². The van der Waals surface area contributed by atoms with Crippen LogP contribution in [0.4, 0.5) is 4.79 Å². The van der Waals surface area contributed by atoms with Crippen molar-refractivity contribution < 1.29 is 28.7 Å². The van der Waals surface area contributed by atoms with E-state index in [4.69, 9.17) is 4.74 Å². The first-order chi connectivity index (χ1) is 15.6. The van der Waals surface area contributed by atoms with Gasteiger partial charge in [-0.2, -0.15) is 0 Å². The van der Waals surface area contributed by atoms with E-state index in [1.54, 1.807) is 39.8 Å². The predicted molar refractivity (Wildman–Crippen MR) is 129 cm³/mol. The summed E-state index contributed by atoms with van der Waals surface area (Å²) in [7, 11) is 1.23. The largest absolute Gasteiger partial charge is 0.468 e. The van der Waals surface area contributed by atoms with E-state index in [1.807, 2.05) is 39.8 Å². The first-order valence-corrected chi connectivity index (χ1v) is 11.4. The average Bonchev–Trinajstić information content (AvgIpc) is 2.74. The number of nitrogens with one attached hydrogen (secondary N) is 2. The maximum absolute atomic E-state index is 13.7. The third-order valence-electron chi connectivity index (χ3n) is 5.39. The summed E-state index contributed by atoms with van der Waals surface area (Å²) >= 11 is 0. The Morgan fingerprint density at radius 2 is 1.59 bits per heavy atom. The lowest BCUT2D eigenvalue weighted by atomic mass is 9.92. The van der Waals surface area contributed by atoms with Crippen molar-refractivity contribution in [3.8, 4) is 0 Å². The minimum atomic E-state index is -1.05. The number of alkyl carbamates (subject to hydrolysis) is 1. The number of rotatable bonds is 9. The average molecular weight is 478 g/mol. The van der Waals surface area contributed by atoms with E-state index in [2.05, 4.69) is 15.4 Å². The van der Waals surface area contributed by atoms with Crippen LogP contribution in [0.3, 0.4) is 0 Å². The third-order valence-corrected chi connectivity index (χ3v) is 5.39. The zero-order valence-corrected chi connectivity index (χ0v) is 21.8. The summed E-state index contributed by atoms with van der Waals surface area (Å²) in [6.07, 6.45) is -0.200. The molecule has 0 aliphatic rings. The number of carbonyl (C=O) groups excluding carboxylic acids is 4. The fourth-order valence-electron chi connectivity index (χ4n) is 3.19. The summed E-state index contributed by atoms with van der Waals surface area (Å²) in [6, 6.07) is 5.23. The molecule has 0 aliphatic carbocycles. The minimum Gasteiger partial charge on any atom is -0.468 e. The molecule has 3 amide bonds. The Labute approximate surface area is 202 Å². The molecular formula is C25H39N3O6. The summed E-state index contributed by atoms with van der Waals surface area (Å²) in [6.45, 7) is 13.9. The van der Waals surface area contributed by atoms with Crippen molar-refractivity contribution in [1.29, 1.82) is 0 Å². The predicted octanol–water partition coefficient (Wildman–Crippen LogP) is 3.26. The van der Waals surface area contributed by atoms with Crippen LogP contribution in [0.15, 0.2) is 24.3 Å². The zero-order chi connectivity index (χ0) is 26.3. The summed E-state index contributed by atoms with van der Waals surface area (Å²) in [5, 5.41) is 5.14. The standard InChI is InChI=1S/C25H39N3O6/c1-10-25(7,8)28(22(31)17(3)27-23(32)34-24(4,5)6)20(18-13-11-16(2)12-14-18)21(30)26-15-19(29)33-9/h11-14,17,20H,10,15H2,1-9H3,(H,26,30)(H,27,32). The number of hydrogen-bond acceptors (Lipinski definition) is 6. The molecule has 0 bridgehead atoms. The second-order valence-corrected chi connectivity index (χ2v) is 9.85. The molecule has 2 atom stereocenters. The second-order valence-electron chi connectivity index (χ2n) is 9.85. The molecule has 34 heavy (non-hydrogen) atoms. The van der Waals surface area contributed by atoms with Gasteiger partial charge >= 0.3 is 12.1 Å². The topological polar surface area (TPSA) is 114 Å². The molecule has 9 heteroatoms. The van der Waals surface area contributed by atoms with Crippen LogP contribution in [0.1, 0.15) is 72.1 Å². The van der Waals surface area contributed by atoms with Crippen LogP contribution < -0.4 is 10.6 Å². The Hall–Kier alpha value is -3.10. The van der Waals surface area contributed by atoms with Gasteiger partial charge in [-0.25, -0.2) is 4.79 Å². The first kappa shape index (κ1) is 28.9. The van der Waals surface area contributed by atoms with Gasteiger partial charge in [-0.1, -0.05) is 36.8 Å². The molecule has 2 unspecified atom stereocenters. The molecule has 1 aromatic rings. The molecule has 0 aliphatic heterocycles. The number of carbonyl (C=O) groups is 4. The van der Waals surface area contributed by atoms with E-state index >= 15 is 0 Å². The number of methoxy groups -OCH3 is 1. The summed E-state index contributed by atoms with van der Waals surface area (Å²) < 4.78 is 9.91. The summed E-state index contributed by atoms with van der Waals surface area (Å²) in [5.74, 6) is -1.60. The number of aryl methyl sites for hydroxylation is 1. The van der Waals surface area contributed by atoms with Crippen molar-refractivity contribution in [2.45, 2.75) is 85.0 Å². The molecule has 0 saturated heterocycles. The lowest BCUT2D eigenvalue weighted by Crippen LogP contribution is -2.58. The molecule has 2 N–H and O–H groups in total. The van der Waals surface area contributed by atoms with Gasteiger partial charge in [-0.05, 0) is 60.5 Å². The fraction of sp³-hybridized carbons (Fsp3) is 0.600. The SMILES string of the molecule is CCC(C)(C)N(C(=O)C(C)NC(=O)OC(C)(C)C)C(C(=O)NCC(=O)OC)c1ccc(C)cc1. The van der Waals surface area contributed by atoms with E-state index in [0.717, 1.165) is 5.56 Å². The smallest absolute Gasteiger partial charge is 0.408 e. The van der Waals surface area contributed by atoms with Crippen molar-refractivity contribution in [3.05, 3.63) is 35.4 Å². The number of hydrogen-bond donors (Lipinski definition) is 2. The molecule has 0 saturated carbocycles. The van der Waals surface area contributed by atoms with Gasteiger partial charge in [-0.3, -0.25) is 14.4 Å². The van der Waals surface area contributed by atoms with E-state index in [-0.39, 0.29) is 6.54 Å². The molecule has 0 fully saturated rings. The van der Waals surface area contributed by atoms with E-state index < -0.39 is 47.1 Å². The van der Waals surface area contributed by atoms with Crippen LogP contribution in [0, 0.1) is 6.92 Å². The maximum atomic E-state index is 13.7.